The molecule has 124 valence electrons. The Morgan fingerprint density at radius 3 is 2.70 bits per heavy atom. The van der Waals surface area contributed by atoms with Crippen LogP contribution in [0.2, 0.25) is 0 Å². The summed E-state index contributed by atoms with van der Waals surface area (Å²) in [6, 6.07) is 4.32. The number of carbonyl (C=O) groups excluding carboxylic acids is 1. The molecule has 1 aromatic rings. The van der Waals surface area contributed by atoms with Crippen LogP contribution in [0.15, 0.2) is 29.7 Å². The van der Waals surface area contributed by atoms with E-state index in [0.29, 0.717) is 6.42 Å². The fourth-order valence-electron chi connectivity index (χ4n) is 3.17. The maximum atomic E-state index is 12.4. The van der Waals surface area contributed by atoms with Gasteiger partial charge in [-0.2, -0.15) is 0 Å². The normalized spacial score (nSPS) is 25.7. The number of oxime groups is 1. The van der Waals surface area contributed by atoms with E-state index in [1.807, 2.05) is 19.3 Å². The van der Waals surface area contributed by atoms with Gasteiger partial charge in [0.2, 0.25) is 5.60 Å². The number of piperidine rings is 1. The zero-order valence-electron chi connectivity index (χ0n) is 13.8. The average molecular weight is 316 g/mol. The highest BCUT2D eigenvalue weighted by molar-refractivity contribution is 5.94. The fraction of sp³-hybridized carbons (Fsp3) is 0.588. The first kappa shape index (κ1) is 15.9. The number of pyridine rings is 1. The number of amides is 1. The molecule has 0 spiro atoms. The number of nitrogens with one attached hydrogen (secondary N) is 1. The Bertz CT molecular complexity index is 582. The monoisotopic (exact) mass is 316 g/mol. The van der Waals surface area contributed by atoms with Crippen molar-refractivity contribution in [1.82, 2.24) is 15.2 Å². The van der Waals surface area contributed by atoms with Crippen LogP contribution in [0.4, 0.5) is 0 Å². The van der Waals surface area contributed by atoms with Crippen molar-refractivity contribution in [3.63, 3.8) is 0 Å². The lowest BCUT2D eigenvalue weighted by Gasteiger charge is -2.33. The van der Waals surface area contributed by atoms with Gasteiger partial charge in [0, 0.05) is 44.5 Å². The van der Waals surface area contributed by atoms with Gasteiger partial charge in [-0.15, -0.1) is 0 Å². The Balaban J connectivity index is 1.45. The van der Waals surface area contributed by atoms with Gasteiger partial charge in [-0.3, -0.25) is 14.7 Å². The summed E-state index contributed by atoms with van der Waals surface area (Å²) in [5.41, 5.74) is 1.31. The first-order chi connectivity index (χ1) is 11.0. The lowest BCUT2D eigenvalue weighted by atomic mass is 9.97. The van der Waals surface area contributed by atoms with E-state index in [2.05, 4.69) is 32.5 Å². The molecule has 3 heterocycles. The molecule has 0 aromatic carbocycles. The van der Waals surface area contributed by atoms with Crippen molar-refractivity contribution in [1.29, 1.82) is 0 Å². The quantitative estimate of drug-likeness (QED) is 0.918. The molecule has 1 aromatic heterocycles. The van der Waals surface area contributed by atoms with Crippen molar-refractivity contribution < 1.29 is 9.63 Å². The molecule has 1 saturated heterocycles. The summed E-state index contributed by atoms with van der Waals surface area (Å²) in [4.78, 5) is 24.2. The van der Waals surface area contributed by atoms with Crippen molar-refractivity contribution in [3.05, 3.63) is 30.1 Å². The minimum absolute atomic E-state index is 0.0503. The predicted octanol–water partition coefficient (Wildman–Crippen LogP) is 1.72. The van der Waals surface area contributed by atoms with Crippen LogP contribution in [0.25, 0.3) is 0 Å². The number of rotatable bonds is 4. The molecule has 6 heteroatoms. The number of aromatic nitrogens is 1. The summed E-state index contributed by atoms with van der Waals surface area (Å²) in [5.74, 6) is -0.0503. The summed E-state index contributed by atoms with van der Waals surface area (Å²) >= 11 is 0. The molecule has 6 nitrogen and oxygen atoms in total. The molecule has 23 heavy (non-hydrogen) atoms. The molecule has 1 amide bonds. The first-order valence-corrected chi connectivity index (χ1v) is 8.19. The smallest absolute Gasteiger partial charge is 0.267 e. The van der Waals surface area contributed by atoms with Gasteiger partial charge in [-0.05, 0) is 44.4 Å². The Morgan fingerprint density at radius 2 is 2.09 bits per heavy atom. The van der Waals surface area contributed by atoms with E-state index < -0.39 is 5.60 Å². The predicted molar refractivity (Wildman–Crippen MR) is 87.9 cm³/mol. The van der Waals surface area contributed by atoms with Crippen molar-refractivity contribution in [3.8, 4) is 0 Å². The van der Waals surface area contributed by atoms with E-state index in [0.717, 1.165) is 38.2 Å². The maximum absolute atomic E-state index is 12.4. The molecule has 0 radical (unpaired) electrons. The number of carbonyl (C=O) groups is 1. The number of hydrogen-bond acceptors (Lipinski definition) is 5. The van der Waals surface area contributed by atoms with Crippen molar-refractivity contribution >= 4 is 11.6 Å². The second kappa shape index (κ2) is 6.66. The Labute approximate surface area is 136 Å². The summed E-state index contributed by atoms with van der Waals surface area (Å²) < 4.78 is 0. The standard InChI is InChI=1S/C17H24N4O2/c1-13-11-17(2,23-20-13)16(22)19-15-5-9-21(10-6-15)12-14-3-7-18-8-4-14/h3-4,7-8,15H,5-6,9-12H2,1-2H3,(H,19,22)/t17-/m0/s1. The molecule has 0 saturated carbocycles. The Hall–Kier alpha value is -1.95. The Kier molecular flexibility index (Phi) is 4.61. The molecule has 3 rings (SSSR count). The number of hydrogen-bond donors (Lipinski definition) is 1. The van der Waals surface area contributed by atoms with Crippen LogP contribution in [-0.2, 0) is 16.2 Å². The highest BCUT2D eigenvalue weighted by Gasteiger charge is 2.41. The SMILES string of the molecule is CC1=NO[C@](C)(C(=O)NC2CCN(Cc3ccncc3)CC2)C1. The average Bonchev–Trinajstić information content (AvgIpc) is 2.91. The molecule has 1 N–H and O–H groups in total. The fourth-order valence-corrected chi connectivity index (χ4v) is 3.17. The van der Waals surface area contributed by atoms with Gasteiger partial charge in [-0.25, -0.2) is 0 Å². The van der Waals surface area contributed by atoms with Gasteiger partial charge in [0.1, 0.15) is 0 Å². The molecule has 2 aliphatic heterocycles. The third-order valence-corrected chi connectivity index (χ3v) is 4.55. The van der Waals surface area contributed by atoms with Gasteiger partial charge >= 0.3 is 0 Å². The number of nitrogens with zero attached hydrogens (tertiary/aromatic N) is 3. The largest absolute Gasteiger partial charge is 0.379 e. The van der Waals surface area contributed by atoms with Crippen LogP contribution < -0.4 is 5.32 Å². The molecule has 0 bridgehead atoms. The molecule has 1 fully saturated rings. The van der Waals surface area contributed by atoms with Crippen LogP contribution in [0, 0.1) is 0 Å². The third kappa shape index (κ3) is 3.88. The second-order valence-electron chi connectivity index (χ2n) is 6.70. The van der Waals surface area contributed by atoms with Crippen LogP contribution in [0.3, 0.4) is 0 Å². The summed E-state index contributed by atoms with van der Waals surface area (Å²) in [5, 5.41) is 7.04. The van der Waals surface area contributed by atoms with Gasteiger partial charge in [0.15, 0.2) is 0 Å². The lowest BCUT2D eigenvalue weighted by Crippen LogP contribution is -2.51. The van der Waals surface area contributed by atoms with Crippen molar-refractivity contribution in [2.24, 2.45) is 5.16 Å². The van der Waals surface area contributed by atoms with E-state index in [-0.39, 0.29) is 11.9 Å². The minimum atomic E-state index is -0.835. The molecule has 2 aliphatic rings. The van der Waals surface area contributed by atoms with Crippen molar-refractivity contribution in [2.45, 2.75) is 51.3 Å². The zero-order chi connectivity index (χ0) is 16.3. The van der Waals surface area contributed by atoms with E-state index in [9.17, 15) is 4.79 Å². The topological polar surface area (TPSA) is 66.8 Å². The zero-order valence-corrected chi connectivity index (χ0v) is 13.8. The van der Waals surface area contributed by atoms with E-state index in [4.69, 9.17) is 4.84 Å². The molecular formula is C17H24N4O2. The first-order valence-electron chi connectivity index (χ1n) is 8.19. The summed E-state index contributed by atoms with van der Waals surface area (Å²) in [6.45, 7) is 6.61. The highest BCUT2D eigenvalue weighted by atomic mass is 16.7. The van der Waals surface area contributed by atoms with E-state index in [1.165, 1.54) is 5.56 Å². The Morgan fingerprint density at radius 1 is 1.39 bits per heavy atom. The lowest BCUT2D eigenvalue weighted by molar-refractivity contribution is -0.142. The summed E-state index contributed by atoms with van der Waals surface area (Å²) in [6.07, 6.45) is 6.16. The second-order valence-corrected chi connectivity index (χ2v) is 6.70. The van der Waals surface area contributed by atoms with Crippen LogP contribution in [0.5, 0.6) is 0 Å². The van der Waals surface area contributed by atoms with Gasteiger partial charge in [0.25, 0.3) is 5.91 Å². The molecular weight excluding hydrogens is 292 g/mol. The van der Waals surface area contributed by atoms with Crippen LogP contribution in [0.1, 0.15) is 38.7 Å². The van der Waals surface area contributed by atoms with Gasteiger partial charge in [0.05, 0.1) is 5.71 Å². The third-order valence-electron chi connectivity index (χ3n) is 4.55. The van der Waals surface area contributed by atoms with Crippen LogP contribution in [-0.4, -0.2) is 46.2 Å². The minimum Gasteiger partial charge on any atom is -0.379 e. The number of likely N-dealkylation sites (tertiary alicyclic amines) is 1. The summed E-state index contributed by atoms with van der Waals surface area (Å²) in [7, 11) is 0. The molecule has 0 unspecified atom stereocenters. The van der Waals surface area contributed by atoms with E-state index in [1.54, 1.807) is 6.92 Å². The van der Waals surface area contributed by atoms with Crippen molar-refractivity contribution in [2.75, 3.05) is 13.1 Å². The molecule has 0 aliphatic carbocycles. The van der Waals surface area contributed by atoms with E-state index >= 15 is 0 Å². The highest BCUT2D eigenvalue weighted by Crippen LogP contribution is 2.24. The van der Waals surface area contributed by atoms with Crippen LogP contribution >= 0.6 is 0 Å². The molecule has 1 atom stereocenters. The maximum Gasteiger partial charge on any atom is 0.267 e. The van der Waals surface area contributed by atoms with Gasteiger partial charge in [-0.1, -0.05) is 5.16 Å². The van der Waals surface area contributed by atoms with Gasteiger partial charge < -0.3 is 10.2 Å².